The van der Waals surface area contributed by atoms with Gasteiger partial charge in [0.2, 0.25) is 0 Å². The van der Waals surface area contributed by atoms with Crippen LogP contribution in [-0.4, -0.2) is 55.0 Å². The van der Waals surface area contributed by atoms with Crippen LogP contribution in [0, 0.1) is 11.8 Å². The Hall–Kier alpha value is -0.690. The van der Waals surface area contributed by atoms with Crippen molar-refractivity contribution in [2.24, 2.45) is 11.8 Å². The standard InChI is InChI=1S/C11H20O6/c1-5(2)6-7(12)8(15-3)9(10(13)14)17-11(6)16-4/h5-9,11-12H,1-4H3,(H,13,14). The van der Waals surface area contributed by atoms with Gasteiger partial charge >= 0.3 is 5.97 Å². The van der Waals surface area contributed by atoms with Crippen LogP contribution in [-0.2, 0) is 19.0 Å². The maximum absolute atomic E-state index is 11.0. The Morgan fingerprint density at radius 2 is 1.88 bits per heavy atom. The van der Waals surface area contributed by atoms with Crippen molar-refractivity contribution < 1.29 is 29.2 Å². The number of carbonyl (C=O) groups is 1. The zero-order chi connectivity index (χ0) is 13.2. The van der Waals surface area contributed by atoms with Crippen LogP contribution < -0.4 is 0 Å². The molecule has 0 spiro atoms. The predicted molar refractivity (Wildman–Crippen MR) is 58.4 cm³/mol. The fourth-order valence-corrected chi connectivity index (χ4v) is 2.25. The lowest BCUT2D eigenvalue weighted by molar-refractivity contribution is -0.282. The predicted octanol–water partition coefficient (Wildman–Crippen LogP) is 0.0904. The number of rotatable bonds is 4. The molecule has 0 radical (unpaired) electrons. The van der Waals surface area contributed by atoms with E-state index in [1.165, 1.54) is 14.2 Å². The van der Waals surface area contributed by atoms with Crippen LogP contribution in [0.25, 0.3) is 0 Å². The van der Waals surface area contributed by atoms with Crippen LogP contribution in [0.15, 0.2) is 0 Å². The SMILES string of the molecule is COC1OC(C(=O)O)C(OC)C(O)C1C(C)C. The first-order chi connectivity index (χ1) is 7.93. The van der Waals surface area contributed by atoms with E-state index in [1.807, 2.05) is 13.8 Å². The molecular formula is C11H20O6. The minimum Gasteiger partial charge on any atom is -0.479 e. The number of aliphatic hydroxyl groups is 1. The summed E-state index contributed by atoms with van der Waals surface area (Å²) < 4.78 is 15.5. The molecule has 5 unspecified atom stereocenters. The van der Waals surface area contributed by atoms with Crippen molar-refractivity contribution in [1.82, 2.24) is 0 Å². The molecule has 1 saturated heterocycles. The summed E-state index contributed by atoms with van der Waals surface area (Å²) in [5.74, 6) is -1.40. The highest BCUT2D eigenvalue weighted by Crippen LogP contribution is 2.33. The van der Waals surface area contributed by atoms with Crippen molar-refractivity contribution in [1.29, 1.82) is 0 Å². The lowest BCUT2D eigenvalue weighted by atomic mass is 9.83. The van der Waals surface area contributed by atoms with E-state index in [0.29, 0.717) is 0 Å². The van der Waals surface area contributed by atoms with Crippen LogP contribution in [0.2, 0.25) is 0 Å². The van der Waals surface area contributed by atoms with Gasteiger partial charge in [-0.2, -0.15) is 0 Å². The maximum atomic E-state index is 11.0. The van der Waals surface area contributed by atoms with E-state index < -0.39 is 30.6 Å². The highest BCUT2D eigenvalue weighted by Gasteiger charge is 2.49. The number of methoxy groups -OCH3 is 2. The molecule has 1 heterocycles. The summed E-state index contributed by atoms with van der Waals surface area (Å²) in [6.45, 7) is 3.83. The molecular weight excluding hydrogens is 228 g/mol. The van der Waals surface area contributed by atoms with Gasteiger partial charge in [0, 0.05) is 20.1 Å². The monoisotopic (exact) mass is 248 g/mol. The third kappa shape index (κ3) is 2.77. The lowest BCUT2D eigenvalue weighted by Gasteiger charge is -2.43. The van der Waals surface area contributed by atoms with Gasteiger partial charge in [0.05, 0.1) is 6.10 Å². The molecule has 0 aromatic rings. The number of hydrogen-bond donors (Lipinski definition) is 2. The van der Waals surface area contributed by atoms with E-state index in [1.54, 1.807) is 0 Å². The van der Waals surface area contributed by atoms with Crippen LogP contribution in [0.1, 0.15) is 13.8 Å². The van der Waals surface area contributed by atoms with Crippen molar-refractivity contribution in [2.75, 3.05) is 14.2 Å². The minimum atomic E-state index is -1.21. The maximum Gasteiger partial charge on any atom is 0.335 e. The quantitative estimate of drug-likeness (QED) is 0.733. The van der Waals surface area contributed by atoms with Crippen molar-refractivity contribution in [2.45, 2.75) is 38.4 Å². The Bertz CT molecular complexity index is 267. The molecule has 0 aromatic heterocycles. The fraction of sp³-hybridized carbons (Fsp3) is 0.909. The molecule has 1 fully saturated rings. The second-order valence-electron chi connectivity index (χ2n) is 4.51. The summed E-state index contributed by atoms with van der Waals surface area (Å²) >= 11 is 0. The molecule has 0 bridgehead atoms. The van der Waals surface area contributed by atoms with Crippen LogP contribution >= 0.6 is 0 Å². The highest BCUT2D eigenvalue weighted by molar-refractivity contribution is 5.73. The molecule has 0 amide bonds. The molecule has 6 nitrogen and oxygen atoms in total. The summed E-state index contributed by atoms with van der Waals surface area (Å²) in [6, 6.07) is 0. The Kier molecular flexibility index (Phi) is 4.88. The van der Waals surface area contributed by atoms with Crippen LogP contribution in [0.5, 0.6) is 0 Å². The van der Waals surface area contributed by atoms with Gasteiger partial charge in [-0.15, -0.1) is 0 Å². The van der Waals surface area contributed by atoms with Gasteiger partial charge in [0.15, 0.2) is 12.4 Å². The first-order valence-electron chi connectivity index (χ1n) is 5.56. The third-order valence-electron chi connectivity index (χ3n) is 3.14. The summed E-state index contributed by atoms with van der Waals surface area (Å²) in [7, 11) is 2.79. The molecule has 1 aliphatic heterocycles. The Morgan fingerprint density at radius 1 is 1.29 bits per heavy atom. The van der Waals surface area contributed by atoms with Gasteiger partial charge in [-0.1, -0.05) is 13.8 Å². The molecule has 2 N–H and O–H groups in total. The topological polar surface area (TPSA) is 85.2 Å². The number of hydrogen-bond acceptors (Lipinski definition) is 5. The van der Waals surface area contributed by atoms with Gasteiger partial charge in [0.25, 0.3) is 0 Å². The van der Waals surface area contributed by atoms with Crippen molar-refractivity contribution in [3.05, 3.63) is 0 Å². The van der Waals surface area contributed by atoms with Gasteiger partial charge < -0.3 is 24.4 Å². The molecule has 6 heteroatoms. The Morgan fingerprint density at radius 3 is 2.24 bits per heavy atom. The van der Waals surface area contributed by atoms with Gasteiger partial charge in [-0.3, -0.25) is 0 Å². The van der Waals surface area contributed by atoms with E-state index >= 15 is 0 Å². The fourth-order valence-electron chi connectivity index (χ4n) is 2.25. The van der Waals surface area contributed by atoms with E-state index in [0.717, 1.165) is 0 Å². The smallest absolute Gasteiger partial charge is 0.335 e. The third-order valence-corrected chi connectivity index (χ3v) is 3.14. The minimum absolute atomic E-state index is 0.0855. The zero-order valence-corrected chi connectivity index (χ0v) is 10.5. The number of carboxylic acid groups (broad SMARTS) is 1. The van der Waals surface area contributed by atoms with Gasteiger partial charge in [-0.05, 0) is 5.92 Å². The lowest BCUT2D eigenvalue weighted by Crippen LogP contribution is -2.59. The van der Waals surface area contributed by atoms with Crippen LogP contribution in [0.3, 0.4) is 0 Å². The summed E-state index contributed by atoms with van der Waals surface area (Å²) in [5.41, 5.74) is 0. The second kappa shape index (κ2) is 5.77. The average molecular weight is 248 g/mol. The van der Waals surface area contributed by atoms with Crippen LogP contribution in [0.4, 0.5) is 0 Å². The average Bonchev–Trinajstić information content (AvgIpc) is 2.26. The van der Waals surface area contributed by atoms with Gasteiger partial charge in [0.1, 0.15) is 6.10 Å². The number of aliphatic carboxylic acids is 1. The molecule has 0 aromatic carbocycles. The first-order valence-corrected chi connectivity index (χ1v) is 5.56. The molecule has 100 valence electrons. The molecule has 1 rings (SSSR count). The molecule has 5 atom stereocenters. The van der Waals surface area contributed by atoms with E-state index in [9.17, 15) is 9.90 Å². The molecule has 17 heavy (non-hydrogen) atoms. The second-order valence-corrected chi connectivity index (χ2v) is 4.51. The normalized spacial score (nSPS) is 38.4. The largest absolute Gasteiger partial charge is 0.479 e. The van der Waals surface area contributed by atoms with Crippen molar-refractivity contribution in [3.8, 4) is 0 Å². The first kappa shape index (κ1) is 14.4. The van der Waals surface area contributed by atoms with E-state index in [-0.39, 0.29) is 11.8 Å². The Balaban J connectivity index is 2.96. The van der Waals surface area contributed by atoms with Crippen molar-refractivity contribution >= 4 is 5.97 Å². The van der Waals surface area contributed by atoms with E-state index in [2.05, 4.69) is 0 Å². The highest BCUT2D eigenvalue weighted by atomic mass is 16.7. The van der Waals surface area contributed by atoms with Gasteiger partial charge in [-0.25, -0.2) is 4.79 Å². The number of aliphatic hydroxyl groups excluding tert-OH is 1. The molecule has 0 saturated carbocycles. The van der Waals surface area contributed by atoms with Crippen molar-refractivity contribution in [3.63, 3.8) is 0 Å². The molecule has 1 aliphatic rings. The summed E-state index contributed by atoms with van der Waals surface area (Å²) in [6.07, 6.45) is -3.77. The number of carboxylic acids is 1. The molecule has 0 aliphatic carbocycles. The number of ether oxygens (including phenoxy) is 3. The summed E-state index contributed by atoms with van der Waals surface area (Å²) in [4.78, 5) is 11.0. The van der Waals surface area contributed by atoms with E-state index in [4.69, 9.17) is 19.3 Å². The zero-order valence-electron chi connectivity index (χ0n) is 10.5. The summed E-state index contributed by atoms with van der Waals surface area (Å²) in [5, 5.41) is 19.2. The Labute approximate surface area is 100 Å².